The van der Waals surface area contributed by atoms with E-state index in [1.54, 1.807) is 36.9 Å². The minimum Gasteiger partial charge on any atom is -0.350 e. The Labute approximate surface area is 151 Å². The van der Waals surface area contributed by atoms with Gasteiger partial charge in [0.25, 0.3) is 0 Å². The number of rotatable bonds is 7. The van der Waals surface area contributed by atoms with Crippen molar-refractivity contribution >= 4 is 5.91 Å². The number of nitrogens with one attached hydrogen (secondary N) is 2. The fourth-order valence-electron chi connectivity index (χ4n) is 2.53. The Balaban J connectivity index is 1.71. The molecule has 1 aromatic carbocycles. The Hall–Kier alpha value is -3.12. The third-order valence-corrected chi connectivity index (χ3v) is 3.91. The van der Waals surface area contributed by atoms with Gasteiger partial charge < -0.3 is 5.32 Å². The van der Waals surface area contributed by atoms with E-state index < -0.39 is 6.04 Å². The van der Waals surface area contributed by atoms with Crippen molar-refractivity contribution in [2.45, 2.75) is 19.1 Å². The van der Waals surface area contributed by atoms with Gasteiger partial charge in [0, 0.05) is 37.9 Å². The fourth-order valence-corrected chi connectivity index (χ4v) is 2.53. The zero-order valence-electron chi connectivity index (χ0n) is 14.1. The van der Waals surface area contributed by atoms with Crippen LogP contribution in [0.5, 0.6) is 0 Å². The topological polar surface area (TPSA) is 66.9 Å². The van der Waals surface area contributed by atoms with Crippen LogP contribution in [0.4, 0.5) is 4.39 Å². The maximum absolute atomic E-state index is 13.2. The molecule has 0 aliphatic carbocycles. The van der Waals surface area contributed by atoms with Crippen LogP contribution in [0.1, 0.15) is 22.7 Å². The quantitative estimate of drug-likeness (QED) is 0.688. The summed E-state index contributed by atoms with van der Waals surface area (Å²) < 4.78 is 13.2. The zero-order chi connectivity index (χ0) is 18.2. The van der Waals surface area contributed by atoms with Crippen molar-refractivity contribution in [3.8, 4) is 0 Å². The second kappa shape index (κ2) is 8.82. The smallest absolute Gasteiger partial charge is 0.242 e. The van der Waals surface area contributed by atoms with Gasteiger partial charge in [-0.1, -0.05) is 18.2 Å². The summed E-state index contributed by atoms with van der Waals surface area (Å²) in [5.41, 5.74) is 2.61. The number of halogens is 1. The summed E-state index contributed by atoms with van der Waals surface area (Å²) in [5.74, 6) is -0.521. The summed E-state index contributed by atoms with van der Waals surface area (Å²) in [6, 6.07) is 12.8. The van der Waals surface area contributed by atoms with Gasteiger partial charge in [0.1, 0.15) is 11.9 Å². The molecule has 0 saturated carbocycles. The van der Waals surface area contributed by atoms with E-state index >= 15 is 0 Å². The van der Waals surface area contributed by atoms with Crippen molar-refractivity contribution in [2.75, 3.05) is 0 Å². The molecule has 0 aliphatic heterocycles. The van der Waals surface area contributed by atoms with Gasteiger partial charge in [-0.2, -0.15) is 0 Å². The predicted octanol–water partition coefficient (Wildman–Crippen LogP) is 2.76. The van der Waals surface area contributed by atoms with Gasteiger partial charge in [-0.25, -0.2) is 4.39 Å². The summed E-state index contributed by atoms with van der Waals surface area (Å²) in [7, 11) is 0. The molecule has 5 nitrogen and oxygen atoms in total. The van der Waals surface area contributed by atoms with Crippen LogP contribution in [0.15, 0.2) is 73.3 Å². The van der Waals surface area contributed by atoms with Crippen molar-refractivity contribution in [3.63, 3.8) is 0 Å². The Morgan fingerprint density at radius 1 is 0.923 bits per heavy atom. The van der Waals surface area contributed by atoms with Gasteiger partial charge in [0.05, 0.1) is 0 Å². The lowest BCUT2D eigenvalue weighted by Crippen LogP contribution is -2.37. The fraction of sp³-hybridized carbons (Fsp3) is 0.150. The summed E-state index contributed by atoms with van der Waals surface area (Å²) in [6.07, 6.45) is 6.79. The number of pyridine rings is 2. The number of carbonyl (C=O) groups is 1. The van der Waals surface area contributed by atoms with E-state index in [0.717, 1.165) is 11.1 Å². The monoisotopic (exact) mass is 350 g/mol. The number of benzene rings is 1. The molecule has 1 atom stereocenters. The number of nitrogens with zero attached hydrogens (tertiary/aromatic N) is 2. The van der Waals surface area contributed by atoms with E-state index in [9.17, 15) is 9.18 Å². The van der Waals surface area contributed by atoms with Crippen LogP contribution in [-0.2, 0) is 17.9 Å². The van der Waals surface area contributed by atoms with Crippen LogP contribution in [-0.4, -0.2) is 15.9 Å². The van der Waals surface area contributed by atoms with E-state index in [2.05, 4.69) is 20.6 Å². The van der Waals surface area contributed by atoms with Crippen LogP contribution < -0.4 is 10.6 Å². The maximum atomic E-state index is 13.2. The lowest BCUT2D eigenvalue weighted by Gasteiger charge is -2.19. The molecular weight excluding hydrogens is 331 g/mol. The molecule has 2 aromatic heterocycles. The van der Waals surface area contributed by atoms with Gasteiger partial charge in [0.2, 0.25) is 5.91 Å². The molecule has 0 spiro atoms. The molecule has 0 aliphatic rings. The molecule has 6 heteroatoms. The number of hydrogen-bond donors (Lipinski definition) is 2. The normalized spacial score (nSPS) is 11.7. The average molecular weight is 350 g/mol. The molecular formula is C20H19FN4O. The Morgan fingerprint density at radius 3 is 2.38 bits per heavy atom. The van der Waals surface area contributed by atoms with Crippen molar-refractivity contribution in [1.82, 2.24) is 20.6 Å². The summed E-state index contributed by atoms with van der Waals surface area (Å²) >= 11 is 0. The molecule has 0 fully saturated rings. The molecule has 0 bridgehead atoms. The molecule has 2 N–H and O–H groups in total. The number of hydrogen-bond acceptors (Lipinski definition) is 4. The first-order chi connectivity index (χ1) is 12.7. The van der Waals surface area contributed by atoms with Crippen molar-refractivity contribution < 1.29 is 9.18 Å². The average Bonchev–Trinajstić information content (AvgIpc) is 2.69. The van der Waals surface area contributed by atoms with Gasteiger partial charge >= 0.3 is 0 Å². The third kappa shape index (κ3) is 4.94. The highest BCUT2D eigenvalue weighted by Gasteiger charge is 2.20. The molecule has 132 valence electrons. The Kier molecular flexibility index (Phi) is 6.01. The van der Waals surface area contributed by atoms with Gasteiger partial charge in [0.15, 0.2) is 0 Å². The Morgan fingerprint density at radius 2 is 1.69 bits per heavy atom. The third-order valence-electron chi connectivity index (χ3n) is 3.91. The molecule has 3 aromatic rings. The predicted molar refractivity (Wildman–Crippen MR) is 96.3 cm³/mol. The van der Waals surface area contributed by atoms with Crippen LogP contribution in [0.3, 0.4) is 0 Å². The Bertz CT molecular complexity index is 825. The summed E-state index contributed by atoms with van der Waals surface area (Å²) in [5, 5.41) is 6.13. The summed E-state index contributed by atoms with van der Waals surface area (Å²) in [6.45, 7) is 0.867. The van der Waals surface area contributed by atoms with Crippen LogP contribution in [0.2, 0.25) is 0 Å². The first-order valence-corrected chi connectivity index (χ1v) is 8.27. The maximum Gasteiger partial charge on any atom is 0.242 e. The van der Waals surface area contributed by atoms with Crippen LogP contribution in [0, 0.1) is 5.82 Å². The molecule has 26 heavy (non-hydrogen) atoms. The van der Waals surface area contributed by atoms with Crippen molar-refractivity contribution in [3.05, 3.63) is 95.8 Å². The standard InChI is InChI=1S/C20H19FN4O/c21-18-5-3-17(4-6-18)19(24-13-15-7-10-22-11-8-15)20(26)25-14-16-2-1-9-23-12-16/h1-12,19,24H,13-14H2,(H,25,26). The second-order valence-corrected chi connectivity index (χ2v) is 5.80. The molecule has 2 heterocycles. The number of aromatic nitrogens is 2. The van der Waals surface area contributed by atoms with E-state index in [-0.39, 0.29) is 11.7 Å². The highest BCUT2D eigenvalue weighted by Crippen LogP contribution is 2.15. The lowest BCUT2D eigenvalue weighted by atomic mass is 10.1. The number of carbonyl (C=O) groups excluding carboxylic acids is 1. The van der Waals surface area contributed by atoms with Crippen LogP contribution in [0.25, 0.3) is 0 Å². The van der Waals surface area contributed by atoms with Crippen molar-refractivity contribution in [1.29, 1.82) is 0 Å². The van der Waals surface area contributed by atoms with E-state index in [0.29, 0.717) is 18.7 Å². The SMILES string of the molecule is O=C(NCc1cccnc1)C(NCc1ccncc1)c1ccc(F)cc1. The summed E-state index contributed by atoms with van der Waals surface area (Å²) in [4.78, 5) is 20.7. The second-order valence-electron chi connectivity index (χ2n) is 5.80. The molecule has 0 radical (unpaired) electrons. The minimum atomic E-state index is -0.597. The van der Waals surface area contributed by atoms with Gasteiger partial charge in [-0.05, 0) is 47.0 Å². The van der Waals surface area contributed by atoms with Gasteiger partial charge in [-0.3, -0.25) is 20.1 Å². The zero-order valence-corrected chi connectivity index (χ0v) is 14.1. The minimum absolute atomic E-state index is 0.186. The van der Waals surface area contributed by atoms with Crippen molar-refractivity contribution in [2.24, 2.45) is 0 Å². The first kappa shape index (κ1) is 17.7. The molecule has 1 unspecified atom stereocenters. The van der Waals surface area contributed by atoms with E-state index in [1.165, 1.54) is 12.1 Å². The molecule has 1 amide bonds. The largest absolute Gasteiger partial charge is 0.350 e. The van der Waals surface area contributed by atoms with E-state index in [4.69, 9.17) is 0 Å². The highest BCUT2D eigenvalue weighted by atomic mass is 19.1. The van der Waals surface area contributed by atoms with Crippen LogP contribution >= 0.6 is 0 Å². The van der Waals surface area contributed by atoms with Gasteiger partial charge in [-0.15, -0.1) is 0 Å². The first-order valence-electron chi connectivity index (χ1n) is 8.27. The lowest BCUT2D eigenvalue weighted by molar-refractivity contribution is -0.123. The molecule has 0 saturated heterocycles. The van der Waals surface area contributed by atoms with E-state index in [1.807, 2.05) is 24.3 Å². The number of amides is 1. The highest BCUT2D eigenvalue weighted by molar-refractivity contribution is 5.83. The molecule has 3 rings (SSSR count).